The Bertz CT molecular complexity index is 595. The number of halogens is 4. The fraction of sp³-hybridized carbons (Fsp3) is 0.0667. The van der Waals surface area contributed by atoms with Crippen LogP contribution in [-0.4, -0.2) is 0 Å². The smallest absolute Gasteiger partial charge is 0.206 e. The van der Waals surface area contributed by atoms with Crippen molar-refractivity contribution in [2.75, 3.05) is 0 Å². The van der Waals surface area contributed by atoms with Gasteiger partial charge in [-0.2, -0.15) is 13.2 Å². The molecule has 98 valence electrons. The summed E-state index contributed by atoms with van der Waals surface area (Å²) < 4.78 is 51.7. The lowest BCUT2D eigenvalue weighted by atomic mass is 10.0. The summed E-state index contributed by atoms with van der Waals surface area (Å²) in [6.45, 7) is 3.57. The predicted octanol–water partition coefficient (Wildman–Crippen LogP) is 5.15. The zero-order valence-electron chi connectivity index (χ0n) is 9.84. The minimum atomic E-state index is -4.69. The van der Waals surface area contributed by atoms with E-state index in [1.165, 1.54) is 12.1 Å². The van der Waals surface area contributed by atoms with E-state index in [2.05, 4.69) is 6.58 Å². The molecule has 0 heterocycles. The van der Waals surface area contributed by atoms with Gasteiger partial charge in [0.1, 0.15) is 5.82 Å². The monoisotopic (exact) mass is 266 g/mol. The van der Waals surface area contributed by atoms with Crippen LogP contribution in [0.1, 0.15) is 11.1 Å². The average Bonchev–Trinajstić information content (AvgIpc) is 2.38. The molecule has 0 bridgehead atoms. The van der Waals surface area contributed by atoms with E-state index in [9.17, 15) is 17.6 Å². The number of benzene rings is 2. The van der Waals surface area contributed by atoms with Crippen molar-refractivity contribution in [2.24, 2.45) is 0 Å². The maximum absolute atomic E-state index is 13.9. The molecule has 2 aromatic carbocycles. The molecule has 19 heavy (non-hydrogen) atoms. The molecule has 0 aliphatic carbocycles. The minimum absolute atomic E-state index is 0.0644. The summed E-state index contributed by atoms with van der Waals surface area (Å²) in [7, 11) is 0. The van der Waals surface area contributed by atoms with E-state index in [-0.39, 0.29) is 5.56 Å². The van der Waals surface area contributed by atoms with Gasteiger partial charge in [0.05, 0.1) is 5.56 Å². The quantitative estimate of drug-likeness (QED) is 0.659. The summed E-state index contributed by atoms with van der Waals surface area (Å²) in [5.41, 5.74) is -0.103. The topological polar surface area (TPSA) is 0 Å². The van der Waals surface area contributed by atoms with Crippen LogP contribution in [0.15, 0.2) is 49.0 Å². The van der Waals surface area contributed by atoms with E-state index in [4.69, 9.17) is 0 Å². The summed E-state index contributed by atoms with van der Waals surface area (Å²) in [6.07, 6.45) is -3.09. The Labute approximate surface area is 108 Å². The summed E-state index contributed by atoms with van der Waals surface area (Å²) in [4.78, 5) is 0. The number of hydrogen-bond acceptors (Lipinski definition) is 0. The molecule has 0 aliphatic rings. The van der Waals surface area contributed by atoms with Crippen LogP contribution in [0.5, 0.6) is 0 Å². The molecule has 0 radical (unpaired) electrons. The molecule has 0 amide bonds. The Balaban J connectivity index is 2.53. The third kappa shape index (κ3) is 2.67. The van der Waals surface area contributed by atoms with Crippen molar-refractivity contribution in [1.82, 2.24) is 0 Å². The standard InChI is InChI=1S/C15H10F4/c1-2-10-6-8-11(9-7-10)12-4-3-5-13(14(12)16)15(17,18)19/h2-9H,1H2. The normalized spacial score (nSPS) is 11.4. The van der Waals surface area contributed by atoms with Gasteiger partial charge in [0.25, 0.3) is 0 Å². The van der Waals surface area contributed by atoms with Gasteiger partial charge in [-0.3, -0.25) is 0 Å². The van der Waals surface area contributed by atoms with Crippen LogP contribution in [-0.2, 0) is 6.18 Å². The van der Waals surface area contributed by atoms with Gasteiger partial charge in [0, 0.05) is 5.56 Å². The van der Waals surface area contributed by atoms with Crippen molar-refractivity contribution in [3.63, 3.8) is 0 Å². The minimum Gasteiger partial charge on any atom is -0.206 e. The molecular weight excluding hydrogens is 256 g/mol. The van der Waals surface area contributed by atoms with Crippen molar-refractivity contribution in [3.05, 3.63) is 66.0 Å². The van der Waals surface area contributed by atoms with Gasteiger partial charge in [-0.25, -0.2) is 4.39 Å². The molecule has 0 spiro atoms. The van der Waals surface area contributed by atoms with Crippen LogP contribution in [0, 0.1) is 5.82 Å². The molecule has 0 N–H and O–H groups in total. The lowest BCUT2D eigenvalue weighted by Crippen LogP contribution is -2.08. The van der Waals surface area contributed by atoms with Gasteiger partial charge >= 0.3 is 6.18 Å². The molecule has 0 saturated carbocycles. The van der Waals surface area contributed by atoms with Gasteiger partial charge in [-0.05, 0) is 17.2 Å². The van der Waals surface area contributed by atoms with Crippen LogP contribution in [0.25, 0.3) is 17.2 Å². The molecule has 0 atom stereocenters. The predicted molar refractivity (Wildman–Crippen MR) is 66.9 cm³/mol. The number of rotatable bonds is 2. The molecule has 2 aromatic rings. The Morgan fingerprint density at radius 3 is 2.11 bits per heavy atom. The van der Waals surface area contributed by atoms with E-state index in [0.29, 0.717) is 5.56 Å². The Kier molecular flexibility index (Phi) is 3.42. The molecule has 0 saturated heterocycles. The van der Waals surface area contributed by atoms with Gasteiger partial charge in [-0.15, -0.1) is 0 Å². The first-order valence-electron chi connectivity index (χ1n) is 5.52. The molecule has 0 fully saturated rings. The van der Waals surface area contributed by atoms with Crippen LogP contribution in [0.3, 0.4) is 0 Å². The Morgan fingerprint density at radius 1 is 0.947 bits per heavy atom. The lowest BCUT2D eigenvalue weighted by Gasteiger charge is -2.11. The highest BCUT2D eigenvalue weighted by Crippen LogP contribution is 2.35. The molecule has 2 rings (SSSR count). The second kappa shape index (κ2) is 4.88. The third-order valence-electron chi connectivity index (χ3n) is 2.76. The van der Waals surface area contributed by atoms with Crippen LogP contribution >= 0.6 is 0 Å². The maximum Gasteiger partial charge on any atom is 0.419 e. The molecule has 0 unspecified atom stereocenters. The van der Waals surface area contributed by atoms with E-state index in [1.807, 2.05) is 0 Å². The Morgan fingerprint density at radius 2 is 1.58 bits per heavy atom. The lowest BCUT2D eigenvalue weighted by molar-refractivity contribution is -0.139. The highest BCUT2D eigenvalue weighted by molar-refractivity contribution is 5.67. The Hall–Kier alpha value is -2.10. The molecule has 0 aromatic heterocycles. The van der Waals surface area contributed by atoms with Gasteiger partial charge in [0.2, 0.25) is 0 Å². The number of alkyl halides is 3. The van der Waals surface area contributed by atoms with Crippen LogP contribution < -0.4 is 0 Å². The van der Waals surface area contributed by atoms with Gasteiger partial charge in [-0.1, -0.05) is 49.1 Å². The zero-order chi connectivity index (χ0) is 14.0. The molecule has 0 nitrogen and oxygen atoms in total. The second-order valence-electron chi connectivity index (χ2n) is 3.99. The molecule has 0 aliphatic heterocycles. The third-order valence-corrected chi connectivity index (χ3v) is 2.76. The van der Waals surface area contributed by atoms with Crippen molar-refractivity contribution in [1.29, 1.82) is 0 Å². The maximum atomic E-state index is 13.9. The van der Waals surface area contributed by atoms with E-state index in [0.717, 1.165) is 11.6 Å². The fourth-order valence-electron chi connectivity index (χ4n) is 1.77. The van der Waals surface area contributed by atoms with E-state index < -0.39 is 17.6 Å². The van der Waals surface area contributed by atoms with Gasteiger partial charge < -0.3 is 0 Å². The van der Waals surface area contributed by atoms with Crippen molar-refractivity contribution in [3.8, 4) is 11.1 Å². The highest BCUT2D eigenvalue weighted by atomic mass is 19.4. The van der Waals surface area contributed by atoms with Crippen LogP contribution in [0.4, 0.5) is 17.6 Å². The van der Waals surface area contributed by atoms with Crippen LogP contribution in [0.2, 0.25) is 0 Å². The SMILES string of the molecule is C=Cc1ccc(-c2cccc(C(F)(F)F)c2F)cc1. The van der Waals surface area contributed by atoms with E-state index in [1.54, 1.807) is 30.3 Å². The largest absolute Gasteiger partial charge is 0.419 e. The summed E-state index contributed by atoms with van der Waals surface area (Å²) in [6, 6.07) is 9.72. The van der Waals surface area contributed by atoms with Gasteiger partial charge in [0.15, 0.2) is 0 Å². The van der Waals surface area contributed by atoms with Crippen molar-refractivity contribution < 1.29 is 17.6 Å². The first-order chi connectivity index (χ1) is 8.93. The fourth-order valence-corrected chi connectivity index (χ4v) is 1.77. The molecular formula is C15H10F4. The first-order valence-corrected chi connectivity index (χ1v) is 5.52. The summed E-state index contributed by atoms with van der Waals surface area (Å²) in [5.74, 6) is -1.25. The average molecular weight is 266 g/mol. The zero-order valence-corrected chi connectivity index (χ0v) is 9.84. The second-order valence-corrected chi connectivity index (χ2v) is 3.99. The highest BCUT2D eigenvalue weighted by Gasteiger charge is 2.34. The summed E-state index contributed by atoms with van der Waals surface area (Å²) >= 11 is 0. The number of hydrogen-bond donors (Lipinski definition) is 0. The van der Waals surface area contributed by atoms with E-state index >= 15 is 0 Å². The van der Waals surface area contributed by atoms with Crippen molar-refractivity contribution >= 4 is 6.08 Å². The summed E-state index contributed by atoms with van der Waals surface area (Å²) in [5, 5.41) is 0. The molecule has 4 heteroatoms. The first kappa shape index (κ1) is 13.3. The van der Waals surface area contributed by atoms with Crippen molar-refractivity contribution in [2.45, 2.75) is 6.18 Å².